The maximum absolute atomic E-state index is 13.9. The summed E-state index contributed by atoms with van der Waals surface area (Å²) >= 11 is 3.44. The van der Waals surface area contributed by atoms with E-state index in [1.54, 1.807) is 0 Å². The second-order valence-corrected chi connectivity index (χ2v) is 9.06. The molecule has 1 fully saturated rings. The van der Waals surface area contributed by atoms with Crippen molar-refractivity contribution in [2.75, 3.05) is 0 Å². The van der Waals surface area contributed by atoms with Crippen LogP contribution >= 0.6 is 15.9 Å². The van der Waals surface area contributed by atoms with Gasteiger partial charge in [-0.05, 0) is 34.0 Å². The van der Waals surface area contributed by atoms with E-state index in [9.17, 15) is 9.59 Å². The van der Waals surface area contributed by atoms with Crippen LogP contribution in [0.3, 0.4) is 0 Å². The number of Topliss-reactive ketones (excluding diaryl/α,β-unsaturated/α-hetero) is 2. The number of fused-ring (bicyclic) bond motifs is 1. The largest absolute Gasteiger partial charge is 0.294 e. The third kappa shape index (κ3) is 2.19. The van der Waals surface area contributed by atoms with Gasteiger partial charge in [0.15, 0.2) is 11.6 Å². The van der Waals surface area contributed by atoms with Crippen LogP contribution in [-0.2, 0) is 5.41 Å². The molecule has 1 spiro atoms. The third-order valence-electron chi connectivity index (χ3n) is 6.75. The smallest absolute Gasteiger partial charge is 0.175 e. The molecule has 144 valence electrons. The summed E-state index contributed by atoms with van der Waals surface area (Å²) in [6, 6.07) is 29.4. The summed E-state index contributed by atoms with van der Waals surface area (Å²) in [6.45, 7) is 0. The highest BCUT2D eigenvalue weighted by Gasteiger charge is 2.75. The molecule has 2 aliphatic rings. The summed E-state index contributed by atoms with van der Waals surface area (Å²) in [5.41, 5.74) is 2.64. The van der Waals surface area contributed by atoms with Gasteiger partial charge in [0.2, 0.25) is 0 Å². The zero-order valence-corrected chi connectivity index (χ0v) is 17.6. The van der Waals surface area contributed by atoms with E-state index in [0.29, 0.717) is 5.56 Å². The van der Waals surface area contributed by atoms with Crippen molar-refractivity contribution in [2.45, 2.75) is 11.3 Å². The molecule has 0 amide bonds. The molecule has 6 rings (SSSR count). The van der Waals surface area contributed by atoms with E-state index >= 15 is 0 Å². The summed E-state index contributed by atoms with van der Waals surface area (Å²) in [4.78, 5) is 27.6. The van der Waals surface area contributed by atoms with E-state index in [0.717, 1.165) is 31.9 Å². The average molecular weight is 453 g/mol. The molecule has 2 nitrogen and oxygen atoms in total. The van der Waals surface area contributed by atoms with Gasteiger partial charge in [-0.2, -0.15) is 0 Å². The average Bonchev–Trinajstić information content (AvgIpc) is 3.42. The van der Waals surface area contributed by atoms with Crippen molar-refractivity contribution in [3.63, 3.8) is 0 Å². The topological polar surface area (TPSA) is 34.1 Å². The number of halogens is 1. The van der Waals surface area contributed by atoms with Crippen molar-refractivity contribution in [3.05, 3.63) is 118 Å². The lowest BCUT2D eigenvalue weighted by Crippen LogP contribution is -2.22. The molecule has 30 heavy (non-hydrogen) atoms. The Balaban J connectivity index is 1.58. The Morgan fingerprint density at radius 1 is 0.800 bits per heavy atom. The summed E-state index contributed by atoms with van der Waals surface area (Å²) in [7, 11) is 0. The maximum atomic E-state index is 13.9. The zero-order valence-electron chi connectivity index (χ0n) is 16.0. The van der Waals surface area contributed by atoms with Crippen LogP contribution in [0.15, 0.2) is 95.5 Å². The van der Waals surface area contributed by atoms with Crippen LogP contribution in [-0.4, -0.2) is 11.6 Å². The van der Waals surface area contributed by atoms with E-state index in [2.05, 4.69) is 15.9 Å². The Hall–Kier alpha value is -3.04. The SMILES string of the molecule is O=C(c1ccc(Br)cc1)C1C(c2ccccc2)C12C(=O)c1cccc3cccc2c13. The summed E-state index contributed by atoms with van der Waals surface area (Å²) < 4.78 is 0.929. The molecule has 0 saturated heterocycles. The second kappa shape index (κ2) is 6.23. The number of rotatable bonds is 3. The highest BCUT2D eigenvalue weighted by molar-refractivity contribution is 9.10. The standard InChI is InChI=1S/C27H17BrO2/c28-19-14-12-18(13-15-19)25(29)24-23(17-6-2-1-3-7-17)27(24)21-11-5-9-16-8-4-10-20(22(16)21)26(27)30/h1-15,23-24H. The fraction of sp³-hybridized carbons (Fsp3) is 0.111. The van der Waals surface area contributed by atoms with Crippen LogP contribution in [0.5, 0.6) is 0 Å². The molecular formula is C27H17BrO2. The van der Waals surface area contributed by atoms with Gasteiger partial charge in [0, 0.05) is 27.4 Å². The minimum absolute atomic E-state index is 0.0366. The van der Waals surface area contributed by atoms with Crippen molar-refractivity contribution in [1.82, 2.24) is 0 Å². The molecule has 3 atom stereocenters. The summed E-state index contributed by atoms with van der Waals surface area (Å²) in [5.74, 6) is -0.431. The number of hydrogen-bond donors (Lipinski definition) is 0. The van der Waals surface area contributed by atoms with Crippen molar-refractivity contribution in [3.8, 4) is 0 Å². The Morgan fingerprint density at radius 2 is 1.50 bits per heavy atom. The van der Waals surface area contributed by atoms with Crippen LogP contribution in [0.1, 0.15) is 37.8 Å². The number of carbonyl (C=O) groups is 2. The quantitative estimate of drug-likeness (QED) is 0.340. The molecule has 0 N–H and O–H groups in total. The molecule has 3 unspecified atom stereocenters. The van der Waals surface area contributed by atoms with Crippen LogP contribution in [0.2, 0.25) is 0 Å². The van der Waals surface area contributed by atoms with Crippen molar-refractivity contribution in [1.29, 1.82) is 0 Å². The molecule has 4 aromatic carbocycles. The highest BCUT2D eigenvalue weighted by Crippen LogP contribution is 2.71. The summed E-state index contributed by atoms with van der Waals surface area (Å²) in [5, 5.41) is 2.07. The van der Waals surface area contributed by atoms with Gasteiger partial charge in [-0.25, -0.2) is 0 Å². The number of carbonyl (C=O) groups excluding carboxylic acids is 2. The first-order chi connectivity index (χ1) is 14.6. The minimum Gasteiger partial charge on any atom is -0.294 e. The first-order valence-electron chi connectivity index (χ1n) is 10.1. The van der Waals surface area contributed by atoms with Crippen LogP contribution in [0, 0.1) is 5.92 Å². The van der Waals surface area contributed by atoms with Gasteiger partial charge < -0.3 is 0 Å². The Kier molecular flexibility index (Phi) is 3.69. The first-order valence-corrected chi connectivity index (χ1v) is 10.8. The normalized spacial score (nSPS) is 23.8. The van der Waals surface area contributed by atoms with Gasteiger partial charge in [0.05, 0.1) is 5.41 Å². The maximum Gasteiger partial charge on any atom is 0.175 e. The Morgan fingerprint density at radius 3 is 2.23 bits per heavy atom. The first kappa shape index (κ1) is 17.8. The molecule has 0 aliphatic heterocycles. The van der Waals surface area contributed by atoms with Gasteiger partial charge in [-0.1, -0.05) is 94.8 Å². The second-order valence-electron chi connectivity index (χ2n) is 8.14. The molecule has 1 saturated carbocycles. The minimum atomic E-state index is -0.811. The fourth-order valence-electron chi connectivity index (χ4n) is 5.49. The number of benzene rings is 4. The molecule has 4 aromatic rings. The lowest BCUT2D eigenvalue weighted by molar-refractivity contribution is 0.0892. The Bertz CT molecular complexity index is 1340. The van der Waals surface area contributed by atoms with Crippen LogP contribution < -0.4 is 0 Å². The molecule has 0 bridgehead atoms. The van der Waals surface area contributed by atoms with Gasteiger partial charge in [-0.3, -0.25) is 9.59 Å². The van der Waals surface area contributed by atoms with Gasteiger partial charge >= 0.3 is 0 Å². The molecule has 0 aromatic heterocycles. The van der Waals surface area contributed by atoms with Crippen molar-refractivity contribution in [2.24, 2.45) is 5.92 Å². The molecule has 0 heterocycles. The van der Waals surface area contributed by atoms with E-state index in [1.807, 2.05) is 91.0 Å². The molecular weight excluding hydrogens is 436 g/mol. The lowest BCUT2D eigenvalue weighted by Gasteiger charge is -2.11. The van der Waals surface area contributed by atoms with E-state index in [1.165, 1.54) is 0 Å². The zero-order chi connectivity index (χ0) is 20.5. The van der Waals surface area contributed by atoms with Gasteiger partial charge in [0.1, 0.15) is 0 Å². The van der Waals surface area contributed by atoms with E-state index in [-0.39, 0.29) is 17.5 Å². The summed E-state index contributed by atoms with van der Waals surface area (Å²) in [6.07, 6.45) is 0. The van der Waals surface area contributed by atoms with Crippen molar-refractivity contribution < 1.29 is 9.59 Å². The third-order valence-corrected chi connectivity index (χ3v) is 7.27. The highest BCUT2D eigenvalue weighted by atomic mass is 79.9. The Labute approximate surface area is 182 Å². The lowest BCUT2D eigenvalue weighted by atomic mass is 9.88. The van der Waals surface area contributed by atoms with Gasteiger partial charge in [-0.15, -0.1) is 0 Å². The monoisotopic (exact) mass is 452 g/mol. The predicted molar refractivity (Wildman–Crippen MR) is 121 cm³/mol. The number of ketones is 2. The fourth-order valence-corrected chi connectivity index (χ4v) is 5.76. The van der Waals surface area contributed by atoms with E-state index in [4.69, 9.17) is 0 Å². The van der Waals surface area contributed by atoms with Crippen molar-refractivity contribution >= 4 is 38.3 Å². The predicted octanol–water partition coefficient (Wildman–Crippen LogP) is 6.33. The van der Waals surface area contributed by atoms with Gasteiger partial charge in [0.25, 0.3) is 0 Å². The molecule has 2 aliphatic carbocycles. The van der Waals surface area contributed by atoms with Crippen LogP contribution in [0.4, 0.5) is 0 Å². The molecule has 0 radical (unpaired) electrons. The van der Waals surface area contributed by atoms with E-state index < -0.39 is 11.3 Å². The van der Waals surface area contributed by atoms with Crippen LogP contribution in [0.25, 0.3) is 10.8 Å². The number of hydrogen-bond acceptors (Lipinski definition) is 2. The molecule has 3 heteroatoms.